The van der Waals surface area contributed by atoms with Gasteiger partial charge in [-0.25, -0.2) is 0 Å². The first kappa shape index (κ1) is 13.1. The number of anilines is 1. The lowest BCUT2D eigenvalue weighted by Gasteiger charge is -2.25. The van der Waals surface area contributed by atoms with Crippen LogP contribution in [0.15, 0.2) is 18.2 Å². The molecular weight excluding hydrogens is 226 g/mol. The van der Waals surface area contributed by atoms with Gasteiger partial charge in [-0.15, -0.1) is 0 Å². The van der Waals surface area contributed by atoms with Gasteiger partial charge in [0.2, 0.25) is 5.91 Å². The summed E-state index contributed by atoms with van der Waals surface area (Å²) in [6.07, 6.45) is 0.561. The van der Waals surface area contributed by atoms with E-state index in [4.69, 9.17) is 4.74 Å². The molecule has 1 aromatic carbocycles. The van der Waals surface area contributed by atoms with Crippen LogP contribution in [0.25, 0.3) is 0 Å². The van der Waals surface area contributed by atoms with Gasteiger partial charge in [-0.3, -0.25) is 4.79 Å². The SMILES string of the molecule is Cc1cccc(C(C)C)c1NC(=O)CC1COC1. The molecule has 0 aromatic heterocycles. The molecule has 1 amide bonds. The number of rotatable bonds is 4. The number of carbonyl (C=O) groups excluding carboxylic acids is 1. The van der Waals surface area contributed by atoms with Crippen molar-refractivity contribution < 1.29 is 9.53 Å². The molecular formula is C15H21NO2. The molecule has 0 unspecified atom stereocenters. The second-order valence-corrected chi connectivity index (χ2v) is 5.35. The predicted octanol–water partition coefficient (Wildman–Crippen LogP) is 3.09. The standard InChI is InChI=1S/C15H21NO2/c1-10(2)13-6-4-5-11(3)15(13)16-14(17)7-12-8-18-9-12/h4-6,10,12H,7-9H2,1-3H3,(H,16,17). The third kappa shape index (κ3) is 2.91. The number of carbonyl (C=O) groups is 1. The highest BCUT2D eigenvalue weighted by molar-refractivity contribution is 5.92. The van der Waals surface area contributed by atoms with Crippen LogP contribution in [0.3, 0.4) is 0 Å². The van der Waals surface area contributed by atoms with Crippen LogP contribution >= 0.6 is 0 Å². The minimum Gasteiger partial charge on any atom is -0.381 e. The first-order valence-corrected chi connectivity index (χ1v) is 6.55. The van der Waals surface area contributed by atoms with Crippen LogP contribution in [0.5, 0.6) is 0 Å². The molecule has 1 aromatic rings. The number of hydrogen-bond donors (Lipinski definition) is 1. The number of aryl methyl sites for hydroxylation is 1. The first-order valence-electron chi connectivity index (χ1n) is 6.55. The van der Waals surface area contributed by atoms with Crippen LogP contribution in [0.4, 0.5) is 5.69 Å². The van der Waals surface area contributed by atoms with Gasteiger partial charge in [0.05, 0.1) is 13.2 Å². The molecule has 1 fully saturated rings. The van der Waals surface area contributed by atoms with Crippen molar-refractivity contribution in [2.45, 2.75) is 33.1 Å². The molecule has 0 spiro atoms. The average molecular weight is 247 g/mol. The molecule has 1 aliphatic rings. The fourth-order valence-corrected chi connectivity index (χ4v) is 2.20. The van der Waals surface area contributed by atoms with Crippen molar-refractivity contribution in [2.24, 2.45) is 5.92 Å². The Morgan fingerprint density at radius 3 is 2.72 bits per heavy atom. The van der Waals surface area contributed by atoms with Crippen molar-refractivity contribution in [1.82, 2.24) is 0 Å². The Labute approximate surface area is 109 Å². The summed E-state index contributed by atoms with van der Waals surface area (Å²) in [7, 11) is 0. The molecule has 1 N–H and O–H groups in total. The molecule has 0 saturated carbocycles. The largest absolute Gasteiger partial charge is 0.381 e. The van der Waals surface area contributed by atoms with Crippen molar-refractivity contribution in [1.29, 1.82) is 0 Å². The molecule has 0 radical (unpaired) electrons. The Morgan fingerprint density at radius 2 is 2.17 bits per heavy atom. The van der Waals surface area contributed by atoms with E-state index in [1.807, 2.05) is 19.1 Å². The van der Waals surface area contributed by atoms with Crippen LogP contribution < -0.4 is 5.32 Å². The summed E-state index contributed by atoms with van der Waals surface area (Å²) >= 11 is 0. The van der Waals surface area contributed by atoms with Gasteiger partial charge in [-0.05, 0) is 24.0 Å². The van der Waals surface area contributed by atoms with Crippen molar-refractivity contribution in [3.63, 3.8) is 0 Å². The highest BCUT2D eigenvalue weighted by atomic mass is 16.5. The van der Waals surface area contributed by atoms with E-state index >= 15 is 0 Å². The lowest BCUT2D eigenvalue weighted by Crippen LogP contribution is -2.31. The van der Waals surface area contributed by atoms with Gasteiger partial charge in [0.25, 0.3) is 0 Å². The Morgan fingerprint density at radius 1 is 1.44 bits per heavy atom. The normalized spacial score (nSPS) is 15.6. The highest BCUT2D eigenvalue weighted by Crippen LogP contribution is 2.28. The molecule has 2 rings (SSSR count). The van der Waals surface area contributed by atoms with Crippen LogP contribution in [0, 0.1) is 12.8 Å². The van der Waals surface area contributed by atoms with Gasteiger partial charge in [0.15, 0.2) is 0 Å². The Kier molecular flexibility index (Phi) is 4.02. The maximum absolute atomic E-state index is 12.0. The van der Waals surface area contributed by atoms with E-state index in [0.717, 1.165) is 24.5 Å². The summed E-state index contributed by atoms with van der Waals surface area (Å²) in [5.74, 6) is 0.906. The number of para-hydroxylation sites is 1. The minimum atomic E-state index is 0.0968. The van der Waals surface area contributed by atoms with Crippen molar-refractivity contribution in [3.8, 4) is 0 Å². The Hall–Kier alpha value is -1.35. The fraction of sp³-hybridized carbons (Fsp3) is 0.533. The summed E-state index contributed by atoms with van der Waals surface area (Å²) in [5.41, 5.74) is 3.31. The molecule has 0 aliphatic carbocycles. The maximum Gasteiger partial charge on any atom is 0.224 e. The van der Waals surface area contributed by atoms with Gasteiger partial charge in [-0.1, -0.05) is 32.0 Å². The minimum absolute atomic E-state index is 0.0968. The summed E-state index contributed by atoms with van der Waals surface area (Å²) in [4.78, 5) is 12.0. The molecule has 98 valence electrons. The summed E-state index contributed by atoms with van der Waals surface area (Å²) in [6, 6.07) is 6.16. The first-order chi connectivity index (χ1) is 8.58. The third-order valence-electron chi connectivity index (χ3n) is 3.37. The van der Waals surface area contributed by atoms with Crippen molar-refractivity contribution >= 4 is 11.6 Å². The lowest BCUT2D eigenvalue weighted by molar-refractivity contribution is -0.121. The quantitative estimate of drug-likeness (QED) is 0.888. The van der Waals surface area contributed by atoms with Crippen molar-refractivity contribution in [3.05, 3.63) is 29.3 Å². The fourth-order valence-electron chi connectivity index (χ4n) is 2.20. The number of hydrogen-bond acceptors (Lipinski definition) is 2. The van der Waals surface area contributed by atoms with E-state index in [1.165, 1.54) is 5.56 Å². The van der Waals surface area contributed by atoms with Gasteiger partial charge in [-0.2, -0.15) is 0 Å². The molecule has 0 atom stereocenters. The Balaban J connectivity index is 2.09. The lowest BCUT2D eigenvalue weighted by atomic mass is 9.97. The molecule has 1 heterocycles. The van der Waals surface area contributed by atoms with Crippen LogP contribution in [-0.4, -0.2) is 19.1 Å². The number of ether oxygens (including phenoxy) is 1. The molecule has 1 aliphatic heterocycles. The molecule has 3 nitrogen and oxygen atoms in total. The van der Waals surface area contributed by atoms with E-state index in [-0.39, 0.29) is 5.91 Å². The summed E-state index contributed by atoms with van der Waals surface area (Å²) in [6.45, 7) is 7.76. The predicted molar refractivity (Wildman–Crippen MR) is 72.8 cm³/mol. The van der Waals surface area contributed by atoms with E-state index in [1.54, 1.807) is 0 Å². The zero-order valence-electron chi connectivity index (χ0n) is 11.3. The van der Waals surface area contributed by atoms with E-state index in [0.29, 0.717) is 18.3 Å². The Bertz CT molecular complexity index is 436. The molecule has 1 saturated heterocycles. The number of benzene rings is 1. The maximum atomic E-state index is 12.0. The van der Waals surface area contributed by atoms with Crippen LogP contribution in [-0.2, 0) is 9.53 Å². The zero-order chi connectivity index (χ0) is 13.1. The monoisotopic (exact) mass is 247 g/mol. The zero-order valence-corrected chi connectivity index (χ0v) is 11.3. The van der Waals surface area contributed by atoms with Crippen molar-refractivity contribution in [2.75, 3.05) is 18.5 Å². The number of nitrogens with one attached hydrogen (secondary N) is 1. The van der Waals surface area contributed by atoms with Gasteiger partial charge in [0, 0.05) is 18.0 Å². The van der Waals surface area contributed by atoms with Gasteiger partial charge >= 0.3 is 0 Å². The topological polar surface area (TPSA) is 38.3 Å². The van der Waals surface area contributed by atoms with Gasteiger partial charge in [0.1, 0.15) is 0 Å². The molecule has 3 heteroatoms. The second kappa shape index (κ2) is 5.53. The van der Waals surface area contributed by atoms with E-state index < -0.39 is 0 Å². The molecule has 0 bridgehead atoms. The smallest absolute Gasteiger partial charge is 0.224 e. The average Bonchev–Trinajstić information content (AvgIpc) is 2.26. The second-order valence-electron chi connectivity index (χ2n) is 5.35. The number of amides is 1. The van der Waals surface area contributed by atoms with E-state index in [2.05, 4.69) is 25.2 Å². The van der Waals surface area contributed by atoms with Gasteiger partial charge < -0.3 is 10.1 Å². The van der Waals surface area contributed by atoms with Crippen LogP contribution in [0.1, 0.15) is 37.3 Å². The summed E-state index contributed by atoms with van der Waals surface area (Å²) < 4.78 is 5.09. The third-order valence-corrected chi connectivity index (χ3v) is 3.37. The van der Waals surface area contributed by atoms with Crippen LogP contribution in [0.2, 0.25) is 0 Å². The summed E-state index contributed by atoms with van der Waals surface area (Å²) in [5, 5.41) is 3.06. The highest BCUT2D eigenvalue weighted by Gasteiger charge is 2.22. The molecule has 18 heavy (non-hydrogen) atoms. The van der Waals surface area contributed by atoms with E-state index in [9.17, 15) is 4.79 Å².